The SMILES string of the molecule is CCOC(=O)/C=C/[C@H](CC(C)C)NC(=O)[C@@H]1Cc2ccccc2CN1C(=O)[C@@H](N)CC(C)C. The summed E-state index contributed by atoms with van der Waals surface area (Å²) < 4.78 is 4.96. The van der Waals surface area contributed by atoms with Gasteiger partial charge >= 0.3 is 5.97 Å². The van der Waals surface area contributed by atoms with Crippen molar-refractivity contribution in [1.82, 2.24) is 10.2 Å². The van der Waals surface area contributed by atoms with Gasteiger partial charge in [0, 0.05) is 25.1 Å². The molecule has 3 atom stereocenters. The minimum atomic E-state index is -0.656. The van der Waals surface area contributed by atoms with E-state index in [1.54, 1.807) is 17.9 Å². The second-order valence-corrected chi connectivity index (χ2v) is 9.55. The van der Waals surface area contributed by atoms with Crippen molar-refractivity contribution in [3.8, 4) is 0 Å². The lowest BCUT2D eigenvalue weighted by Crippen LogP contribution is -2.57. The summed E-state index contributed by atoms with van der Waals surface area (Å²) in [5, 5.41) is 3.04. The second kappa shape index (κ2) is 12.5. The molecule has 7 nitrogen and oxygen atoms in total. The van der Waals surface area contributed by atoms with E-state index in [0.29, 0.717) is 38.3 Å². The molecule has 1 aromatic rings. The molecule has 182 valence electrons. The van der Waals surface area contributed by atoms with Gasteiger partial charge in [-0.15, -0.1) is 0 Å². The smallest absolute Gasteiger partial charge is 0.330 e. The van der Waals surface area contributed by atoms with Crippen LogP contribution in [0.2, 0.25) is 0 Å². The number of esters is 1. The van der Waals surface area contributed by atoms with E-state index in [9.17, 15) is 14.4 Å². The quantitative estimate of drug-likeness (QED) is 0.415. The zero-order valence-corrected chi connectivity index (χ0v) is 20.5. The fourth-order valence-electron chi connectivity index (χ4n) is 4.17. The van der Waals surface area contributed by atoms with Gasteiger partial charge in [-0.25, -0.2) is 4.79 Å². The van der Waals surface area contributed by atoms with Crippen LogP contribution in [0.4, 0.5) is 0 Å². The van der Waals surface area contributed by atoms with Crippen LogP contribution in [0.15, 0.2) is 36.4 Å². The van der Waals surface area contributed by atoms with Crippen molar-refractivity contribution in [1.29, 1.82) is 0 Å². The van der Waals surface area contributed by atoms with Gasteiger partial charge in [0.2, 0.25) is 11.8 Å². The van der Waals surface area contributed by atoms with Gasteiger partial charge in [-0.1, -0.05) is 58.0 Å². The van der Waals surface area contributed by atoms with Crippen LogP contribution in [0.5, 0.6) is 0 Å². The van der Waals surface area contributed by atoms with Crippen molar-refractivity contribution in [2.75, 3.05) is 6.61 Å². The molecule has 0 radical (unpaired) electrons. The number of amides is 2. The van der Waals surface area contributed by atoms with Crippen LogP contribution in [0, 0.1) is 11.8 Å². The maximum atomic E-state index is 13.4. The van der Waals surface area contributed by atoms with Crippen molar-refractivity contribution in [3.63, 3.8) is 0 Å². The Hall–Kier alpha value is -2.67. The molecule has 2 rings (SSSR count). The number of nitrogens with two attached hydrogens (primary N) is 1. The van der Waals surface area contributed by atoms with Crippen LogP contribution in [0.3, 0.4) is 0 Å². The van der Waals surface area contributed by atoms with E-state index >= 15 is 0 Å². The summed E-state index contributed by atoms with van der Waals surface area (Å²) >= 11 is 0. The van der Waals surface area contributed by atoms with Crippen LogP contribution >= 0.6 is 0 Å². The normalized spacial score (nSPS) is 17.7. The highest BCUT2D eigenvalue weighted by molar-refractivity contribution is 5.91. The molecule has 1 heterocycles. The standard InChI is InChI=1S/C26H39N3O4/c1-6-33-24(30)12-11-21(13-17(2)3)28-25(31)23-15-19-9-7-8-10-20(19)16-29(23)26(32)22(27)14-18(4)5/h7-12,17-18,21-23H,6,13-16,27H2,1-5H3,(H,28,31)/b12-11+/t21-,22+,23+/m1/s1. The van der Waals surface area contributed by atoms with E-state index in [1.165, 1.54) is 6.08 Å². The summed E-state index contributed by atoms with van der Waals surface area (Å²) in [6.07, 6.45) is 4.67. The summed E-state index contributed by atoms with van der Waals surface area (Å²) in [5.74, 6) is -0.318. The molecule has 0 unspecified atom stereocenters. The first-order valence-corrected chi connectivity index (χ1v) is 11.9. The third kappa shape index (κ3) is 8.00. The van der Waals surface area contributed by atoms with Gasteiger partial charge in [-0.05, 0) is 42.7 Å². The first-order valence-electron chi connectivity index (χ1n) is 11.9. The van der Waals surface area contributed by atoms with Crippen molar-refractivity contribution >= 4 is 17.8 Å². The minimum absolute atomic E-state index is 0.208. The fourth-order valence-corrected chi connectivity index (χ4v) is 4.17. The number of fused-ring (bicyclic) bond motifs is 1. The van der Waals surface area contributed by atoms with Gasteiger partial charge in [0.25, 0.3) is 0 Å². The van der Waals surface area contributed by atoms with Crippen LogP contribution < -0.4 is 11.1 Å². The number of hydrogen-bond donors (Lipinski definition) is 2. The van der Waals surface area contributed by atoms with Gasteiger partial charge in [-0.2, -0.15) is 0 Å². The van der Waals surface area contributed by atoms with Gasteiger partial charge in [-0.3, -0.25) is 9.59 Å². The molecule has 1 aliphatic rings. The zero-order chi connectivity index (χ0) is 24.5. The maximum absolute atomic E-state index is 13.4. The monoisotopic (exact) mass is 457 g/mol. The van der Waals surface area contributed by atoms with Crippen molar-refractivity contribution < 1.29 is 19.1 Å². The van der Waals surface area contributed by atoms with Crippen molar-refractivity contribution in [2.24, 2.45) is 17.6 Å². The number of nitrogens with one attached hydrogen (secondary N) is 1. The second-order valence-electron chi connectivity index (χ2n) is 9.55. The molecule has 0 bridgehead atoms. The molecule has 3 N–H and O–H groups in total. The molecule has 0 aromatic heterocycles. The first-order chi connectivity index (χ1) is 15.6. The Balaban J connectivity index is 2.26. The molecule has 0 saturated carbocycles. The first kappa shape index (κ1) is 26.6. The molecule has 33 heavy (non-hydrogen) atoms. The molecule has 0 aliphatic carbocycles. The predicted molar refractivity (Wildman–Crippen MR) is 129 cm³/mol. The molecular formula is C26H39N3O4. The number of hydrogen-bond acceptors (Lipinski definition) is 5. The maximum Gasteiger partial charge on any atom is 0.330 e. The van der Waals surface area contributed by atoms with E-state index in [-0.39, 0.29) is 23.8 Å². The Morgan fingerprint density at radius 2 is 1.76 bits per heavy atom. The molecule has 1 aliphatic heterocycles. The molecular weight excluding hydrogens is 418 g/mol. The zero-order valence-electron chi connectivity index (χ0n) is 20.5. The average molecular weight is 458 g/mol. The highest BCUT2D eigenvalue weighted by Gasteiger charge is 2.37. The molecule has 1 aromatic carbocycles. The molecule has 0 spiro atoms. The van der Waals surface area contributed by atoms with E-state index in [2.05, 4.69) is 19.2 Å². The average Bonchev–Trinajstić information content (AvgIpc) is 2.75. The largest absolute Gasteiger partial charge is 0.463 e. The van der Waals surface area contributed by atoms with Gasteiger partial charge in [0.1, 0.15) is 6.04 Å². The van der Waals surface area contributed by atoms with Crippen LogP contribution in [-0.2, 0) is 32.1 Å². The summed E-state index contributed by atoms with van der Waals surface area (Å²) in [6.45, 7) is 10.5. The Morgan fingerprint density at radius 1 is 1.12 bits per heavy atom. The van der Waals surface area contributed by atoms with E-state index in [1.807, 2.05) is 38.1 Å². The number of carbonyl (C=O) groups is 3. The molecule has 2 amide bonds. The highest BCUT2D eigenvalue weighted by Crippen LogP contribution is 2.25. The van der Waals surface area contributed by atoms with E-state index in [0.717, 1.165) is 11.1 Å². The number of carbonyl (C=O) groups excluding carboxylic acids is 3. The van der Waals surface area contributed by atoms with Crippen LogP contribution in [-0.4, -0.2) is 47.4 Å². The van der Waals surface area contributed by atoms with Gasteiger partial charge in [0.15, 0.2) is 0 Å². The topological polar surface area (TPSA) is 102 Å². The number of rotatable bonds is 10. The molecule has 0 fully saturated rings. The Morgan fingerprint density at radius 3 is 2.36 bits per heavy atom. The van der Waals surface area contributed by atoms with Gasteiger partial charge < -0.3 is 20.7 Å². The summed E-state index contributed by atoms with van der Waals surface area (Å²) in [4.78, 5) is 40.1. The number of ether oxygens (including phenoxy) is 1. The predicted octanol–water partition coefficient (Wildman–Crippen LogP) is 2.96. The highest BCUT2D eigenvalue weighted by atomic mass is 16.5. The van der Waals surface area contributed by atoms with Crippen LogP contribution in [0.1, 0.15) is 58.6 Å². The van der Waals surface area contributed by atoms with Crippen LogP contribution in [0.25, 0.3) is 0 Å². The Labute approximate surface area is 197 Å². The Kier molecular flexibility index (Phi) is 10.1. The third-order valence-corrected chi connectivity index (χ3v) is 5.68. The third-order valence-electron chi connectivity index (χ3n) is 5.68. The number of benzene rings is 1. The molecule has 7 heteroatoms. The minimum Gasteiger partial charge on any atom is -0.463 e. The van der Waals surface area contributed by atoms with E-state index < -0.39 is 18.1 Å². The fraction of sp³-hybridized carbons (Fsp3) is 0.577. The van der Waals surface area contributed by atoms with E-state index in [4.69, 9.17) is 10.5 Å². The Bertz CT molecular complexity index is 850. The summed E-state index contributed by atoms with van der Waals surface area (Å²) in [6, 6.07) is 6.21. The lowest BCUT2D eigenvalue weighted by atomic mass is 9.91. The van der Waals surface area contributed by atoms with Gasteiger partial charge in [0.05, 0.1) is 12.6 Å². The van der Waals surface area contributed by atoms with Crippen molar-refractivity contribution in [2.45, 2.75) is 78.6 Å². The number of nitrogens with zero attached hydrogens (tertiary/aromatic N) is 1. The summed E-state index contributed by atoms with van der Waals surface area (Å²) in [7, 11) is 0. The lowest BCUT2D eigenvalue weighted by Gasteiger charge is -2.38. The lowest BCUT2D eigenvalue weighted by molar-refractivity contribution is -0.143. The summed E-state index contributed by atoms with van der Waals surface area (Å²) in [5.41, 5.74) is 8.31. The molecule has 0 saturated heterocycles. The van der Waals surface area contributed by atoms with Crippen molar-refractivity contribution in [3.05, 3.63) is 47.5 Å².